The van der Waals surface area contributed by atoms with Crippen LogP contribution in [0.1, 0.15) is 32.1 Å². The Morgan fingerprint density at radius 1 is 1.55 bits per heavy atom. The number of hydrogen-bond donors (Lipinski definition) is 2. The first-order valence-corrected chi connectivity index (χ1v) is 7.74. The number of ether oxygens (including phenoxy) is 2. The van der Waals surface area contributed by atoms with Crippen LogP contribution in [0.4, 0.5) is 9.93 Å². The largest absolute Gasteiger partial charge is 0.486 e. The van der Waals surface area contributed by atoms with Crippen LogP contribution in [0.3, 0.4) is 0 Å². The molecular formula is C13H19N3O3S. The monoisotopic (exact) mass is 297 g/mol. The Kier molecular flexibility index (Phi) is 3.80. The van der Waals surface area contributed by atoms with E-state index < -0.39 is 0 Å². The molecule has 1 unspecified atom stereocenters. The summed E-state index contributed by atoms with van der Waals surface area (Å²) < 4.78 is 10.9. The Morgan fingerprint density at radius 2 is 2.40 bits per heavy atom. The molecule has 0 radical (unpaired) electrons. The van der Waals surface area contributed by atoms with E-state index in [1.165, 1.54) is 17.8 Å². The minimum absolute atomic E-state index is 0.160. The molecule has 0 aromatic carbocycles. The first-order valence-electron chi connectivity index (χ1n) is 6.92. The third-order valence-corrected chi connectivity index (χ3v) is 4.73. The van der Waals surface area contributed by atoms with Gasteiger partial charge in [0, 0.05) is 6.61 Å². The van der Waals surface area contributed by atoms with Gasteiger partial charge in [0.2, 0.25) is 0 Å². The highest BCUT2D eigenvalue weighted by Gasteiger charge is 2.51. The van der Waals surface area contributed by atoms with Gasteiger partial charge in [-0.25, -0.2) is 9.78 Å². The number of aromatic nitrogens is 1. The van der Waals surface area contributed by atoms with Crippen molar-refractivity contribution in [2.45, 2.75) is 43.7 Å². The summed E-state index contributed by atoms with van der Waals surface area (Å²) in [7, 11) is 1.58. The minimum Gasteiger partial charge on any atom is -0.486 e. The van der Waals surface area contributed by atoms with Gasteiger partial charge in [-0.1, -0.05) is 11.3 Å². The molecule has 1 atom stereocenters. The van der Waals surface area contributed by atoms with E-state index in [0.717, 1.165) is 32.3 Å². The van der Waals surface area contributed by atoms with E-state index in [-0.39, 0.29) is 17.7 Å². The Balaban J connectivity index is 1.55. The molecule has 7 heteroatoms. The summed E-state index contributed by atoms with van der Waals surface area (Å²) in [6, 6.07) is -0.214. The average Bonchev–Trinajstić information content (AvgIpc) is 3.10. The molecule has 2 amide bonds. The molecule has 110 valence electrons. The zero-order valence-corrected chi connectivity index (χ0v) is 12.3. The van der Waals surface area contributed by atoms with Crippen molar-refractivity contribution in [2.75, 3.05) is 19.0 Å². The summed E-state index contributed by atoms with van der Waals surface area (Å²) in [6.45, 7) is 0.805. The standard InChI is InChI=1S/C13H19N3O3S/c1-18-10-8-14-12(20-10)15-11(17)16-13(5-6-13)9-4-2-3-7-19-9/h8-9H,2-7H2,1H3,(H2,14,15,16,17). The number of carbonyl (C=O) groups excluding carboxylic acids is 1. The minimum atomic E-state index is -0.214. The Bertz CT molecular complexity index is 481. The molecule has 1 aliphatic heterocycles. The molecule has 2 N–H and O–H groups in total. The summed E-state index contributed by atoms with van der Waals surface area (Å²) >= 11 is 1.31. The number of amides is 2. The second-order valence-electron chi connectivity index (χ2n) is 5.28. The summed E-state index contributed by atoms with van der Waals surface area (Å²) in [4.78, 5) is 16.1. The van der Waals surface area contributed by atoms with Crippen LogP contribution in [0.5, 0.6) is 5.06 Å². The van der Waals surface area contributed by atoms with Crippen LogP contribution >= 0.6 is 11.3 Å². The lowest BCUT2D eigenvalue weighted by Crippen LogP contribution is -2.49. The predicted octanol–water partition coefficient (Wildman–Crippen LogP) is 2.37. The van der Waals surface area contributed by atoms with Gasteiger partial charge < -0.3 is 14.8 Å². The van der Waals surface area contributed by atoms with Crippen LogP contribution in [0.25, 0.3) is 0 Å². The number of anilines is 1. The van der Waals surface area contributed by atoms with Gasteiger partial charge >= 0.3 is 6.03 Å². The van der Waals surface area contributed by atoms with Crippen LogP contribution in [-0.4, -0.2) is 36.4 Å². The number of rotatable bonds is 4. The van der Waals surface area contributed by atoms with Gasteiger partial charge in [-0.2, -0.15) is 0 Å². The van der Waals surface area contributed by atoms with Crippen molar-refractivity contribution in [3.63, 3.8) is 0 Å². The van der Waals surface area contributed by atoms with E-state index in [2.05, 4.69) is 15.6 Å². The molecule has 0 spiro atoms. The Morgan fingerprint density at radius 3 is 3.00 bits per heavy atom. The smallest absolute Gasteiger partial charge is 0.321 e. The van der Waals surface area contributed by atoms with Crippen molar-refractivity contribution >= 4 is 22.5 Å². The molecule has 1 aromatic heterocycles. The fourth-order valence-corrected chi connectivity index (χ4v) is 3.23. The number of nitrogens with one attached hydrogen (secondary N) is 2. The normalized spacial score (nSPS) is 23.9. The molecule has 2 heterocycles. The highest BCUT2D eigenvalue weighted by atomic mass is 32.1. The van der Waals surface area contributed by atoms with Crippen LogP contribution < -0.4 is 15.4 Å². The van der Waals surface area contributed by atoms with Gasteiger partial charge in [-0.05, 0) is 32.1 Å². The van der Waals surface area contributed by atoms with Crippen molar-refractivity contribution in [2.24, 2.45) is 0 Å². The van der Waals surface area contributed by atoms with E-state index in [1.807, 2.05) is 0 Å². The maximum atomic E-state index is 12.1. The fourth-order valence-electron chi connectivity index (χ4n) is 2.60. The van der Waals surface area contributed by atoms with Crippen molar-refractivity contribution in [3.05, 3.63) is 6.20 Å². The molecule has 2 fully saturated rings. The quantitative estimate of drug-likeness (QED) is 0.895. The highest BCUT2D eigenvalue weighted by Crippen LogP contribution is 2.43. The van der Waals surface area contributed by atoms with Crippen LogP contribution in [0.2, 0.25) is 0 Å². The molecular weight excluding hydrogens is 278 g/mol. The maximum absolute atomic E-state index is 12.1. The molecule has 1 aliphatic carbocycles. The van der Waals surface area contributed by atoms with Gasteiger partial charge in [0.05, 0.1) is 24.9 Å². The lowest BCUT2D eigenvalue weighted by molar-refractivity contribution is -0.0119. The maximum Gasteiger partial charge on any atom is 0.321 e. The number of carbonyl (C=O) groups is 1. The summed E-state index contributed by atoms with van der Waals surface area (Å²) in [5, 5.41) is 7.04. The van der Waals surface area contributed by atoms with Crippen molar-refractivity contribution in [3.8, 4) is 5.06 Å². The molecule has 6 nitrogen and oxygen atoms in total. The first-order chi connectivity index (χ1) is 9.72. The van der Waals surface area contributed by atoms with Gasteiger partial charge in [-0.15, -0.1) is 0 Å². The predicted molar refractivity (Wildman–Crippen MR) is 76.4 cm³/mol. The molecule has 1 saturated carbocycles. The van der Waals surface area contributed by atoms with Gasteiger partial charge in [0.15, 0.2) is 10.2 Å². The first kappa shape index (κ1) is 13.6. The number of hydrogen-bond acceptors (Lipinski definition) is 5. The average molecular weight is 297 g/mol. The summed E-state index contributed by atoms with van der Waals surface area (Å²) in [5.41, 5.74) is -0.161. The van der Waals surface area contributed by atoms with Crippen LogP contribution in [-0.2, 0) is 4.74 Å². The second-order valence-corrected chi connectivity index (χ2v) is 6.27. The van der Waals surface area contributed by atoms with Crippen molar-refractivity contribution in [1.29, 1.82) is 0 Å². The Hall–Kier alpha value is -1.34. The van der Waals surface area contributed by atoms with Crippen molar-refractivity contribution in [1.82, 2.24) is 10.3 Å². The lowest BCUT2D eigenvalue weighted by Gasteiger charge is -2.31. The molecule has 3 rings (SSSR count). The fraction of sp³-hybridized carbons (Fsp3) is 0.692. The zero-order chi connectivity index (χ0) is 14.0. The van der Waals surface area contributed by atoms with E-state index in [1.54, 1.807) is 13.3 Å². The third kappa shape index (κ3) is 2.88. The second kappa shape index (κ2) is 5.57. The zero-order valence-electron chi connectivity index (χ0n) is 11.5. The molecule has 20 heavy (non-hydrogen) atoms. The van der Waals surface area contributed by atoms with E-state index in [4.69, 9.17) is 9.47 Å². The lowest BCUT2D eigenvalue weighted by atomic mass is 10.0. The number of thiazole rings is 1. The van der Waals surface area contributed by atoms with Gasteiger partial charge in [0.1, 0.15) is 0 Å². The third-order valence-electron chi connectivity index (χ3n) is 3.85. The van der Waals surface area contributed by atoms with Gasteiger partial charge in [-0.3, -0.25) is 5.32 Å². The van der Waals surface area contributed by atoms with Crippen molar-refractivity contribution < 1.29 is 14.3 Å². The van der Waals surface area contributed by atoms with Crippen LogP contribution in [0, 0.1) is 0 Å². The molecule has 0 bridgehead atoms. The van der Waals surface area contributed by atoms with E-state index >= 15 is 0 Å². The summed E-state index contributed by atoms with van der Waals surface area (Å²) in [6.07, 6.45) is 7.08. The number of methoxy groups -OCH3 is 1. The molecule has 2 aliphatic rings. The topological polar surface area (TPSA) is 72.5 Å². The SMILES string of the molecule is COc1cnc(NC(=O)NC2(C3CCCCO3)CC2)s1. The van der Waals surface area contributed by atoms with Crippen LogP contribution in [0.15, 0.2) is 6.20 Å². The highest BCUT2D eigenvalue weighted by molar-refractivity contribution is 7.17. The molecule has 1 saturated heterocycles. The number of urea groups is 1. The van der Waals surface area contributed by atoms with E-state index in [9.17, 15) is 4.79 Å². The Labute approximate surface area is 121 Å². The summed E-state index contributed by atoms with van der Waals surface area (Å²) in [5.74, 6) is 0. The number of nitrogens with zero attached hydrogens (tertiary/aromatic N) is 1. The van der Waals surface area contributed by atoms with E-state index in [0.29, 0.717) is 10.2 Å². The van der Waals surface area contributed by atoms with Gasteiger partial charge in [0.25, 0.3) is 0 Å². The molecule has 1 aromatic rings.